The first-order chi connectivity index (χ1) is 5.86. The highest BCUT2D eigenvalue weighted by molar-refractivity contribution is 4.74. The summed E-state index contributed by atoms with van der Waals surface area (Å²) >= 11 is 0. The lowest BCUT2D eigenvalue weighted by Crippen LogP contribution is -2.24. The van der Waals surface area contributed by atoms with Crippen molar-refractivity contribution < 1.29 is 9.84 Å². The molecule has 12 heavy (non-hydrogen) atoms. The summed E-state index contributed by atoms with van der Waals surface area (Å²) in [4.78, 5) is 2.41. The van der Waals surface area contributed by atoms with Crippen LogP contribution in [0.25, 0.3) is 0 Å². The van der Waals surface area contributed by atoms with E-state index < -0.39 is 0 Å². The number of ether oxygens (including phenoxy) is 1. The van der Waals surface area contributed by atoms with Crippen molar-refractivity contribution in [3.05, 3.63) is 0 Å². The van der Waals surface area contributed by atoms with Gasteiger partial charge in [0, 0.05) is 26.8 Å². The number of hydrogen-bond donors (Lipinski definition) is 1. The molecule has 0 aliphatic carbocycles. The van der Waals surface area contributed by atoms with Crippen molar-refractivity contribution in [2.45, 2.75) is 12.8 Å². The molecular weight excluding hydrogens is 154 g/mol. The van der Waals surface area contributed by atoms with Gasteiger partial charge in [0.05, 0.1) is 6.61 Å². The number of aliphatic hydroxyl groups excluding tert-OH is 1. The Morgan fingerprint density at radius 1 is 1.58 bits per heavy atom. The minimum Gasteiger partial charge on any atom is -0.396 e. The zero-order chi connectivity index (χ0) is 8.81. The number of aliphatic hydroxyl groups is 1. The molecule has 0 spiro atoms. The molecule has 72 valence electrons. The average Bonchev–Trinajstić information content (AvgIpc) is 2.50. The van der Waals surface area contributed by atoms with E-state index in [2.05, 4.69) is 4.90 Å². The molecule has 1 aliphatic rings. The van der Waals surface area contributed by atoms with Gasteiger partial charge in [-0.1, -0.05) is 0 Å². The smallest absolute Gasteiger partial charge is 0.0589 e. The van der Waals surface area contributed by atoms with Gasteiger partial charge in [-0.25, -0.2) is 0 Å². The third kappa shape index (κ3) is 3.09. The number of likely N-dealkylation sites (tertiary alicyclic amines) is 1. The standard InChI is InChI=1S/C9H19NO2/c1-12-7-5-10-4-2-9(8-10)3-6-11/h9,11H,2-8H2,1H3. The molecule has 0 radical (unpaired) electrons. The van der Waals surface area contributed by atoms with Crippen LogP contribution in [0.5, 0.6) is 0 Å². The van der Waals surface area contributed by atoms with Gasteiger partial charge in [-0.3, -0.25) is 0 Å². The Hall–Kier alpha value is -0.120. The second-order valence-corrected chi connectivity index (χ2v) is 3.46. The maximum atomic E-state index is 8.75. The topological polar surface area (TPSA) is 32.7 Å². The van der Waals surface area contributed by atoms with Gasteiger partial charge >= 0.3 is 0 Å². The second kappa shape index (κ2) is 5.51. The van der Waals surface area contributed by atoms with Crippen LogP contribution in [-0.4, -0.2) is 50.0 Å². The first-order valence-electron chi connectivity index (χ1n) is 4.69. The minimum atomic E-state index is 0.336. The summed E-state index contributed by atoms with van der Waals surface area (Å²) in [6.45, 7) is 4.52. The van der Waals surface area contributed by atoms with Crippen LogP contribution in [-0.2, 0) is 4.74 Å². The lowest BCUT2D eigenvalue weighted by atomic mass is 10.1. The fraction of sp³-hybridized carbons (Fsp3) is 1.00. The first-order valence-corrected chi connectivity index (χ1v) is 4.69. The van der Waals surface area contributed by atoms with E-state index in [0.717, 1.165) is 26.1 Å². The van der Waals surface area contributed by atoms with Crippen LogP contribution in [0, 0.1) is 5.92 Å². The van der Waals surface area contributed by atoms with Gasteiger partial charge in [-0.2, -0.15) is 0 Å². The maximum Gasteiger partial charge on any atom is 0.0589 e. The number of nitrogens with zero attached hydrogens (tertiary/aromatic N) is 1. The van der Waals surface area contributed by atoms with Gasteiger partial charge in [-0.15, -0.1) is 0 Å². The first kappa shape index (κ1) is 9.96. The Morgan fingerprint density at radius 3 is 3.08 bits per heavy atom. The SMILES string of the molecule is COCCN1CCC(CCO)C1. The van der Waals surface area contributed by atoms with Gasteiger partial charge in [0.15, 0.2) is 0 Å². The largest absolute Gasteiger partial charge is 0.396 e. The Labute approximate surface area is 74.3 Å². The summed E-state index contributed by atoms with van der Waals surface area (Å²) in [6.07, 6.45) is 2.20. The number of hydrogen-bond acceptors (Lipinski definition) is 3. The zero-order valence-corrected chi connectivity index (χ0v) is 7.83. The molecule has 0 aromatic carbocycles. The molecule has 0 aromatic rings. The van der Waals surface area contributed by atoms with Crippen molar-refractivity contribution in [2.24, 2.45) is 5.92 Å². The summed E-state index contributed by atoms with van der Waals surface area (Å²) in [7, 11) is 1.74. The number of methoxy groups -OCH3 is 1. The van der Waals surface area contributed by atoms with Crippen molar-refractivity contribution in [1.29, 1.82) is 0 Å². The molecule has 0 amide bonds. The molecular formula is C9H19NO2. The van der Waals surface area contributed by atoms with E-state index in [1.54, 1.807) is 7.11 Å². The lowest BCUT2D eigenvalue weighted by molar-refractivity contribution is 0.157. The molecule has 1 N–H and O–H groups in total. The molecule has 0 aromatic heterocycles. The lowest BCUT2D eigenvalue weighted by Gasteiger charge is -2.14. The molecule has 0 saturated carbocycles. The van der Waals surface area contributed by atoms with E-state index in [1.165, 1.54) is 13.0 Å². The van der Waals surface area contributed by atoms with Gasteiger partial charge < -0.3 is 14.7 Å². The molecule has 1 aliphatic heterocycles. The van der Waals surface area contributed by atoms with Gasteiger partial charge in [0.1, 0.15) is 0 Å². The molecule has 1 fully saturated rings. The minimum absolute atomic E-state index is 0.336. The highest BCUT2D eigenvalue weighted by atomic mass is 16.5. The summed E-state index contributed by atoms with van der Waals surface area (Å²) in [5, 5.41) is 8.75. The summed E-state index contributed by atoms with van der Waals surface area (Å²) in [5.41, 5.74) is 0. The molecule has 1 heterocycles. The molecule has 3 heteroatoms. The predicted octanol–water partition coefficient (Wildman–Crippen LogP) is 0.337. The van der Waals surface area contributed by atoms with Gasteiger partial charge in [-0.05, 0) is 25.3 Å². The fourth-order valence-electron chi connectivity index (χ4n) is 1.75. The summed E-state index contributed by atoms with van der Waals surface area (Å²) in [6, 6.07) is 0. The van der Waals surface area contributed by atoms with Crippen molar-refractivity contribution in [3.8, 4) is 0 Å². The molecule has 0 bridgehead atoms. The highest BCUT2D eigenvalue weighted by Crippen LogP contribution is 2.18. The monoisotopic (exact) mass is 173 g/mol. The Kier molecular flexibility index (Phi) is 4.58. The third-order valence-electron chi connectivity index (χ3n) is 2.52. The van der Waals surface area contributed by atoms with Crippen LogP contribution in [0.15, 0.2) is 0 Å². The Balaban J connectivity index is 2.08. The summed E-state index contributed by atoms with van der Waals surface area (Å²) in [5.74, 6) is 0.715. The molecule has 1 rings (SSSR count). The van der Waals surface area contributed by atoms with Crippen molar-refractivity contribution >= 4 is 0 Å². The van der Waals surface area contributed by atoms with Crippen molar-refractivity contribution in [3.63, 3.8) is 0 Å². The van der Waals surface area contributed by atoms with E-state index in [4.69, 9.17) is 9.84 Å². The van der Waals surface area contributed by atoms with Crippen molar-refractivity contribution in [2.75, 3.05) is 40.0 Å². The van der Waals surface area contributed by atoms with Gasteiger partial charge in [0.25, 0.3) is 0 Å². The quantitative estimate of drug-likeness (QED) is 0.650. The van der Waals surface area contributed by atoms with Gasteiger partial charge in [0.2, 0.25) is 0 Å². The van der Waals surface area contributed by atoms with Crippen LogP contribution in [0.3, 0.4) is 0 Å². The van der Waals surface area contributed by atoms with E-state index >= 15 is 0 Å². The third-order valence-corrected chi connectivity index (χ3v) is 2.52. The van der Waals surface area contributed by atoms with Crippen LogP contribution < -0.4 is 0 Å². The highest BCUT2D eigenvalue weighted by Gasteiger charge is 2.20. The van der Waals surface area contributed by atoms with E-state index in [0.29, 0.717) is 12.5 Å². The second-order valence-electron chi connectivity index (χ2n) is 3.46. The molecule has 3 nitrogen and oxygen atoms in total. The normalized spacial score (nSPS) is 25.0. The van der Waals surface area contributed by atoms with Crippen LogP contribution >= 0.6 is 0 Å². The predicted molar refractivity (Wildman–Crippen MR) is 48.1 cm³/mol. The Bertz CT molecular complexity index is 119. The van der Waals surface area contributed by atoms with E-state index in [-0.39, 0.29) is 0 Å². The molecule has 1 atom stereocenters. The summed E-state index contributed by atoms with van der Waals surface area (Å²) < 4.78 is 5.01. The molecule has 1 unspecified atom stereocenters. The Morgan fingerprint density at radius 2 is 2.42 bits per heavy atom. The van der Waals surface area contributed by atoms with E-state index in [9.17, 15) is 0 Å². The maximum absolute atomic E-state index is 8.75. The van der Waals surface area contributed by atoms with Crippen LogP contribution in [0.1, 0.15) is 12.8 Å². The average molecular weight is 173 g/mol. The zero-order valence-electron chi connectivity index (χ0n) is 7.83. The van der Waals surface area contributed by atoms with Crippen molar-refractivity contribution in [1.82, 2.24) is 4.90 Å². The molecule has 1 saturated heterocycles. The van der Waals surface area contributed by atoms with Crippen LogP contribution in [0.4, 0.5) is 0 Å². The number of rotatable bonds is 5. The van der Waals surface area contributed by atoms with Crippen LogP contribution in [0.2, 0.25) is 0 Å². The fourth-order valence-corrected chi connectivity index (χ4v) is 1.75. The van der Waals surface area contributed by atoms with E-state index in [1.807, 2.05) is 0 Å².